The van der Waals surface area contributed by atoms with E-state index in [-0.39, 0.29) is 12.0 Å². The number of nitrogens with one attached hydrogen (secondary N) is 1. The molecule has 21 heavy (non-hydrogen) atoms. The first-order valence-electron chi connectivity index (χ1n) is 7.36. The summed E-state index contributed by atoms with van der Waals surface area (Å²) in [4.78, 5) is 13.0. The third-order valence-electron chi connectivity index (χ3n) is 4.04. The van der Waals surface area contributed by atoms with E-state index in [1.54, 1.807) is 0 Å². The van der Waals surface area contributed by atoms with Crippen molar-refractivity contribution in [2.45, 2.75) is 25.9 Å². The van der Waals surface area contributed by atoms with Crippen molar-refractivity contribution in [3.63, 3.8) is 0 Å². The van der Waals surface area contributed by atoms with Crippen LogP contribution in [-0.2, 0) is 4.74 Å². The van der Waals surface area contributed by atoms with Crippen molar-refractivity contribution in [2.75, 3.05) is 18.9 Å². The van der Waals surface area contributed by atoms with Gasteiger partial charge in [0.2, 0.25) is 0 Å². The molecule has 2 aromatic rings. The molecule has 4 nitrogen and oxygen atoms in total. The van der Waals surface area contributed by atoms with E-state index in [4.69, 9.17) is 10.5 Å². The molecule has 1 saturated heterocycles. The van der Waals surface area contributed by atoms with Gasteiger partial charge in [-0.1, -0.05) is 6.92 Å². The molecule has 0 spiro atoms. The summed E-state index contributed by atoms with van der Waals surface area (Å²) in [6.45, 7) is 3.62. The second-order valence-electron chi connectivity index (χ2n) is 5.48. The number of carbonyl (C=O) groups excluding carboxylic acids is 1. The fourth-order valence-corrected chi connectivity index (χ4v) is 3.82. The van der Waals surface area contributed by atoms with Gasteiger partial charge in [0.25, 0.3) is 5.91 Å². The van der Waals surface area contributed by atoms with Crippen molar-refractivity contribution in [3.8, 4) is 0 Å². The van der Waals surface area contributed by atoms with Crippen molar-refractivity contribution >= 4 is 33.0 Å². The van der Waals surface area contributed by atoms with E-state index in [2.05, 4.69) is 12.2 Å². The van der Waals surface area contributed by atoms with Gasteiger partial charge in [-0.15, -0.1) is 11.3 Å². The average Bonchev–Trinajstić information content (AvgIpc) is 3.10. The van der Waals surface area contributed by atoms with Crippen molar-refractivity contribution in [1.29, 1.82) is 0 Å². The fourth-order valence-electron chi connectivity index (χ4n) is 2.86. The molecule has 1 aliphatic heterocycles. The second-order valence-corrected chi connectivity index (χ2v) is 6.57. The maximum Gasteiger partial charge on any atom is 0.261 e. The van der Waals surface area contributed by atoms with Gasteiger partial charge in [-0.25, -0.2) is 0 Å². The number of nitrogens with two attached hydrogens (primary N) is 1. The summed E-state index contributed by atoms with van der Waals surface area (Å²) in [6, 6.07) is 7.64. The number of amides is 1. The monoisotopic (exact) mass is 304 g/mol. The van der Waals surface area contributed by atoms with Gasteiger partial charge < -0.3 is 15.8 Å². The smallest absolute Gasteiger partial charge is 0.261 e. The van der Waals surface area contributed by atoms with Crippen LogP contribution in [0, 0.1) is 5.92 Å². The number of hydrogen-bond acceptors (Lipinski definition) is 4. The predicted octanol–water partition coefficient (Wildman–Crippen LogP) is 3.03. The molecule has 0 aliphatic carbocycles. The van der Waals surface area contributed by atoms with Crippen molar-refractivity contribution in [1.82, 2.24) is 5.32 Å². The van der Waals surface area contributed by atoms with E-state index in [9.17, 15) is 4.79 Å². The lowest BCUT2D eigenvalue weighted by molar-refractivity contribution is 0.0828. The van der Waals surface area contributed by atoms with Gasteiger partial charge in [0.15, 0.2) is 0 Å². The van der Waals surface area contributed by atoms with Gasteiger partial charge in [-0.05, 0) is 42.5 Å². The molecule has 0 radical (unpaired) electrons. The van der Waals surface area contributed by atoms with Crippen LogP contribution in [0.4, 0.5) is 5.69 Å². The zero-order valence-corrected chi connectivity index (χ0v) is 12.9. The SMILES string of the molecule is CCC1OCCC1CNC(=O)c1cc2cc(N)ccc2s1. The first-order chi connectivity index (χ1) is 10.2. The van der Waals surface area contributed by atoms with Crippen molar-refractivity contribution < 1.29 is 9.53 Å². The lowest BCUT2D eigenvalue weighted by Crippen LogP contribution is -2.32. The Bertz CT molecular complexity index is 653. The van der Waals surface area contributed by atoms with Crippen LogP contribution < -0.4 is 11.1 Å². The van der Waals surface area contributed by atoms with Crippen LogP contribution >= 0.6 is 11.3 Å². The largest absolute Gasteiger partial charge is 0.399 e. The fraction of sp³-hybridized carbons (Fsp3) is 0.438. The number of benzene rings is 1. The molecule has 3 rings (SSSR count). The number of fused-ring (bicyclic) bond motifs is 1. The highest BCUT2D eigenvalue weighted by molar-refractivity contribution is 7.20. The molecule has 1 aromatic carbocycles. The molecule has 0 saturated carbocycles. The molecule has 1 aromatic heterocycles. The first kappa shape index (κ1) is 14.4. The molecule has 5 heteroatoms. The number of ether oxygens (including phenoxy) is 1. The minimum absolute atomic E-state index is 0.00322. The summed E-state index contributed by atoms with van der Waals surface area (Å²) in [7, 11) is 0. The Morgan fingerprint density at radius 1 is 1.48 bits per heavy atom. The lowest BCUT2D eigenvalue weighted by atomic mass is 10.00. The zero-order chi connectivity index (χ0) is 14.8. The molecule has 1 amide bonds. The maximum absolute atomic E-state index is 12.3. The number of rotatable bonds is 4. The van der Waals surface area contributed by atoms with E-state index in [1.165, 1.54) is 11.3 Å². The number of carbonyl (C=O) groups is 1. The van der Waals surface area contributed by atoms with Crippen LogP contribution in [-0.4, -0.2) is 25.2 Å². The number of thiophene rings is 1. The highest BCUT2D eigenvalue weighted by Gasteiger charge is 2.27. The molecule has 1 aliphatic rings. The van der Waals surface area contributed by atoms with E-state index < -0.39 is 0 Å². The van der Waals surface area contributed by atoms with Crippen LogP contribution in [0.1, 0.15) is 29.4 Å². The minimum Gasteiger partial charge on any atom is -0.399 e. The van der Waals surface area contributed by atoms with Crippen LogP contribution in [0.3, 0.4) is 0 Å². The number of anilines is 1. The van der Waals surface area contributed by atoms with E-state index in [0.717, 1.165) is 40.1 Å². The van der Waals surface area contributed by atoms with Gasteiger partial charge in [0, 0.05) is 29.5 Å². The maximum atomic E-state index is 12.3. The Morgan fingerprint density at radius 2 is 2.33 bits per heavy atom. The lowest BCUT2D eigenvalue weighted by Gasteiger charge is -2.16. The van der Waals surface area contributed by atoms with Gasteiger partial charge in [-0.2, -0.15) is 0 Å². The summed E-state index contributed by atoms with van der Waals surface area (Å²) < 4.78 is 6.74. The third kappa shape index (κ3) is 3.04. The zero-order valence-electron chi connectivity index (χ0n) is 12.1. The van der Waals surface area contributed by atoms with Crippen molar-refractivity contribution in [2.24, 2.45) is 5.92 Å². The van der Waals surface area contributed by atoms with E-state index >= 15 is 0 Å². The molecule has 1 fully saturated rings. The molecule has 2 unspecified atom stereocenters. The summed E-state index contributed by atoms with van der Waals surface area (Å²) >= 11 is 1.50. The van der Waals surface area contributed by atoms with Crippen LogP contribution in [0.2, 0.25) is 0 Å². The van der Waals surface area contributed by atoms with Crippen LogP contribution in [0.15, 0.2) is 24.3 Å². The van der Waals surface area contributed by atoms with E-state index in [1.807, 2.05) is 24.3 Å². The topological polar surface area (TPSA) is 64.3 Å². The quantitative estimate of drug-likeness (QED) is 0.853. The van der Waals surface area contributed by atoms with Crippen LogP contribution in [0.5, 0.6) is 0 Å². The summed E-state index contributed by atoms with van der Waals surface area (Å²) in [5.41, 5.74) is 6.49. The highest BCUT2D eigenvalue weighted by atomic mass is 32.1. The summed E-state index contributed by atoms with van der Waals surface area (Å²) in [5.74, 6) is 0.431. The molecule has 2 heterocycles. The first-order valence-corrected chi connectivity index (χ1v) is 8.18. The Hall–Kier alpha value is -1.59. The summed E-state index contributed by atoms with van der Waals surface area (Å²) in [5, 5.41) is 4.07. The molecule has 3 N–H and O–H groups in total. The average molecular weight is 304 g/mol. The Kier molecular flexibility index (Phi) is 4.12. The molecular formula is C16H20N2O2S. The normalized spacial score (nSPS) is 21.8. The Labute approximate surface area is 128 Å². The van der Waals surface area contributed by atoms with E-state index in [0.29, 0.717) is 12.5 Å². The van der Waals surface area contributed by atoms with Crippen LogP contribution in [0.25, 0.3) is 10.1 Å². The van der Waals surface area contributed by atoms with Gasteiger partial charge in [0.1, 0.15) is 0 Å². The number of hydrogen-bond donors (Lipinski definition) is 2. The highest BCUT2D eigenvalue weighted by Crippen LogP contribution is 2.27. The third-order valence-corrected chi connectivity index (χ3v) is 5.15. The minimum atomic E-state index is -0.00322. The van der Waals surface area contributed by atoms with Gasteiger partial charge >= 0.3 is 0 Å². The molecular weight excluding hydrogens is 284 g/mol. The van der Waals surface area contributed by atoms with Gasteiger partial charge in [-0.3, -0.25) is 4.79 Å². The standard InChI is InChI=1S/C16H20N2O2S/c1-2-13-10(5-6-20-13)9-18-16(19)15-8-11-7-12(17)3-4-14(11)21-15/h3-4,7-8,10,13H,2,5-6,9,17H2,1H3,(H,18,19). The Morgan fingerprint density at radius 3 is 3.14 bits per heavy atom. The predicted molar refractivity (Wildman–Crippen MR) is 86.7 cm³/mol. The molecule has 2 atom stereocenters. The number of nitrogen functional groups attached to an aromatic ring is 1. The molecule has 112 valence electrons. The Balaban J connectivity index is 1.66. The summed E-state index contributed by atoms with van der Waals surface area (Å²) in [6.07, 6.45) is 2.32. The van der Waals surface area contributed by atoms with Crippen molar-refractivity contribution in [3.05, 3.63) is 29.1 Å². The molecule has 0 bridgehead atoms. The second kappa shape index (κ2) is 6.03. The van der Waals surface area contributed by atoms with Gasteiger partial charge in [0.05, 0.1) is 11.0 Å².